The van der Waals surface area contributed by atoms with Crippen molar-refractivity contribution in [3.63, 3.8) is 0 Å². The van der Waals surface area contributed by atoms with Gasteiger partial charge >= 0.3 is 0 Å². The fourth-order valence-electron chi connectivity index (χ4n) is 1.30. The summed E-state index contributed by atoms with van der Waals surface area (Å²) in [7, 11) is 1.88. The van der Waals surface area contributed by atoms with Gasteiger partial charge in [0.05, 0.1) is 12.4 Å². The highest BCUT2D eigenvalue weighted by molar-refractivity contribution is 5.44. The van der Waals surface area contributed by atoms with Crippen LogP contribution in [0.5, 0.6) is 0 Å². The molecule has 0 aromatic carbocycles. The number of hydrogen-bond acceptors (Lipinski definition) is 5. The number of nitrogens with zero attached hydrogens (tertiary/aromatic N) is 4. The maximum Gasteiger partial charge on any atom is 0.278 e. The number of imidazole rings is 1. The van der Waals surface area contributed by atoms with Crippen molar-refractivity contribution in [3.05, 3.63) is 18.3 Å². The lowest BCUT2D eigenvalue weighted by molar-refractivity contribution is 0.399. The second kappa shape index (κ2) is 4.05. The van der Waals surface area contributed by atoms with Gasteiger partial charge < -0.3 is 14.8 Å². The number of nitrogens with two attached hydrogens (primary N) is 1. The van der Waals surface area contributed by atoms with E-state index in [4.69, 9.17) is 10.3 Å². The van der Waals surface area contributed by atoms with Crippen molar-refractivity contribution in [2.75, 3.05) is 0 Å². The van der Waals surface area contributed by atoms with Crippen LogP contribution < -0.4 is 5.73 Å². The Labute approximate surface area is 93.5 Å². The number of rotatable bonds is 3. The average Bonchev–Trinajstić information content (AvgIpc) is 2.84. The van der Waals surface area contributed by atoms with Gasteiger partial charge in [-0.05, 0) is 5.92 Å². The van der Waals surface area contributed by atoms with Crippen LogP contribution in [0.25, 0.3) is 11.6 Å². The second-order valence-electron chi connectivity index (χ2n) is 4.15. The molecule has 0 fully saturated rings. The van der Waals surface area contributed by atoms with Gasteiger partial charge in [0.2, 0.25) is 0 Å². The number of aryl methyl sites for hydroxylation is 1. The van der Waals surface area contributed by atoms with E-state index < -0.39 is 0 Å². The van der Waals surface area contributed by atoms with E-state index >= 15 is 0 Å². The SMILES string of the molecule is CC(C)C(N)c1noc(-c2cn(C)cn2)n1. The lowest BCUT2D eigenvalue weighted by atomic mass is 10.1. The molecule has 0 aliphatic rings. The molecule has 0 bridgehead atoms. The number of aromatic nitrogens is 4. The minimum atomic E-state index is -0.207. The predicted molar refractivity (Wildman–Crippen MR) is 58.3 cm³/mol. The molecule has 6 heteroatoms. The maximum absolute atomic E-state index is 5.92. The highest BCUT2D eigenvalue weighted by Gasteiger charge is 2.18. The summed E-state index contributed by atoms with van der Waals surface area (Å²) in [4.78, 5) is 8.37. The van der Waals surface area contributed by atoms with Gasteiger partial charge in [-0.2, -0.15) is 4.98 Å². The van der Waals surface area contributed by atoms with Crippen LogP contribution in [-0.2, 0) is 7.05 Å². The average molecular weight is 221 g/mol. The molecule has 2 N–H and O–H groups in total. The zero-order valence-corrected chi connectivity index (χ0v) is 9.58. The summed E-state index contributed by atoms with van der Waals surface area (Å²) in [6, 6.07) is -0.207. The Kier molecular flexibility index (Phi) is 2.74. The van der Waals surface area contributed by atoms with Crippen molar-refractivity contribution in [1.29, 1.82) is 0 Å². The van der Waals surface area contributed by atoms with Crippen LogP contribution in [0.4, 0.5) is 0 Å². The Morgan fingerprint density at radius 3 is 2.75 bits per heavy atom. The zero-order valence-electron chi connectivity index (χ0n) is 9.58. The summed E-state index contributed by atoms with van der Waals surface area (Å²) < 4.78 is 6.94. The highest BCUT2D eigenvalue weighted by atomic mass is 16.5. The van der Waals surface area contributed by atoms with Crippen LogP contribution in [0.3, 0.4) is 0 Å². The smallest absolute Gasteiger partial charge is 0.278 e. The second-order valence-corrected chi connectivity index (χ2v) is 4.15. The third-order valence-corrected chi connectivity index (χ3v) is 2.38. The predicted octanol–water partition coefficient (Wildman–Crippen LogP) is 1.13. The molecule has 0 aliphatic carbocycles. The lowest BCUT2D eigenvalue weighted by Gasteiger charge is -2.09. The molecule has 0 aliphatic heterocycles. The van der Waals surface area contributed by atoms with Gasteiger partial charge in [-0.25, -0.2) is 4.98 Å². The Balaban J connectivity index is 2.26. The Bertz CT molecular complexity index is 473. The van der Waals surface area contributed by atoms with Crippen LogP contribution in [0.1, 0.15) is 25.7 Å². The Hall–Kier alpha value is -1.69. The summed E-state index contributed by atoms with van der Waals surface area (Å²) in [6.45, 7) is 4.03. The first-order valence-electron chi connectivity index (χ1n) is 5.15. The molecule has 0 saturated carbocycles. The minimum absolute atomic E-state index is 0.207. The first kappa shape index (κ1) is 10.8. The molecule has 2 rings (SSSR count). The van der Waals surface area contributed by atoms with Crippen LogP contribution >= 0.6 is 0 Å². The third kappa shape index (κ3) is 1.96. The van der Waals surface area contributed by atoms with E-state index in [1.165, 1.54) is 0 Å². The molecule has 16 heavy (non-hydrogen) atoms. The molecular formula is C10H15N5O. The molecule has 0 radical (unpaired) electrons. The van der Waals surface area contributed by atoms with Crippen molar-refractivity contribution in [2.45, 2.75) is 19.9 Å². The largest absolute Gasteiger partial charge is 0.340 e. The normalized spacial score (nSPS) is 13.3. The molecule has 6 nitrogen and oxygen atoms in total. The first-order chi connectivity index (χ1) is 7.58. The Morgan fingerprint density at radius 1 is 1.44 bits per heavy atom. The third-order valence-electron chi connectivity index (χ3n) is 2.38. The van der Waals surface area contributed by atoms with Gasteiger partial charge in [0.1, 0.15) is 5.69 Å². The van der Waals surface area contributed by atoms with E-state index in [0.717, 1.165) is 0 Å². The number of hydrogen-bond donors (Lipinski definition) is 1. The summed E-state index contributed by atoms with van der Waals surface area (Å²) >= 11 is 0. The fraction of sp³-hybridized carbons (Fsp3) is 0.500. The van der Waals surface area contributed by atoms with Crippen LogP contribution in [0.2, 0.25) is 0 Å². The maximum atomic E-state index is 5.92. The molecule has 0 saturated heterocycles. The molecule has 0 spiro atoms. The summed E-state index contributed by atoms with van der Waals surface area (Å²) in [5.74, 6) is 1.21. The topological polar surface area (TPSA) is 82.8 Å². The van der Waals surface area contributed by atoms with Gasteiger partial charge in [0.15, 0.2) is 5.82 Å². The zero-order chi connectivity index (χ0) is 11.7. The molecule has 1 atom stereocenters. The lowest BCUT2D eigenvalue weighted by Crippen LogP contribution is -2.18. The molecule has 1 unspecified atom stereocenters. The van der Waals surface area contributed by atoms with Crippen molar-refractivity contribution in [1.82, 2.24) is 19.7 Å². The Morgan fingerprint density at radius 2 is 2.19 bits per heavy atom. The van der Waals surface area contributed by atoms with Crippen LogP contribution in [-0.4, -0.2) is 19.7 Å². The van der Waals surface area contributed by atoms with Gasteiger partial charge in [0.25, 0.3) is 5.89 Å². The molecule has 0 amide bonds. The molecular weight excluding hydrogens is 206 g/mol. The quantitative estimate of drug-likeness (QED) is 0.839. The molecule has 2 aromatic rings. The van der Waals surface area contributed by atoms with E-state index in [-0.39, 0.29) is 12.0 Å². The summed E-state index contributed by atoms with van der Waals surface area (Å²) in [5, 5.41) is 3.86. The van der Waals surface area contributed by atoms with E-state index in [1.54, 1.807) is 6.33 Å². The fourth-order valence-corrected chi connectivity index (χ4v) is 1.30. The van der Waals surface area contributed by atoms with Crippen LogP contribution in [0.15, 0.2) is 17.0 Å². The highest BCUT2D eigenvalue weighted by Crippen LogP contribution is 2.19. The van der Waals surface area contributed by atoms with Crippen molar-refractivity contribution in [3.8, 4) is 11.6 Å². The molecule has 2 heterocycles. The summed E-state index contributed by atoms with van der Waals surface area (Å²) in [6.07, 6.45) is 3.50. The van der Waals surface area contributed by atoms with Gasteiger partial charge in [-0.3, -0.25) is 0 Å². The van der Waals surface area contributed by atoms with E-state index in [9.17, 15) is 0 Å². The first-order valence-corrected chi connectivity index (χ1v) is 5.15. The van der Waals surface area contributed by atoms with E-state index in [2.05, 4.69) is 15.1 Å². The van der Waals surface area contributed by atoms with E-state index in [0.29, 0.717) is 17.4 Å². The van der Waals surface area contributed by atoms with Crippen molar-refractivity contribution >= 4 is 0 Å². The van der Waals surface area contributed by atoms with Gasteiger partial charge in [-0.1, -0.05) is 19.0 Å². The van der Waals surface area contributed by atoms with Gasteiger partial charge in [0, 0.05) is 13.2 Å². The molecule has 2 aromatic heterocycles. The van der Waals surface area contributed by atoms with E-state index in [1.807, 2.05) is 31.7 Å². The van der Waals surface area contributed by atoms with Gasteiger partial charge in [-0.15, -0.1) is 0 Å². The summed E-state index contributed by atoms with van der Waals surface area (Å²) in [5.41, 5.74) is 6.59. The monoisotopic (exact) mass is 221 g/mol. The van der Waals surface area contributed by atoms with Crippen molar-refractivity contribution in [2.24, 2.45) is 18.7 Å². The van der Waals surface area contributed by atoms with Crippen molar-refractivity contribution < 1.29 is 4.52 Å². The standard InChI is InChI=1S/C10H15N5O/c1-6(2)8(11)9-13-10(16-14-9)7-4-15(3)5-12-7/h4-6,8H,11H2,1-3H3. The minimum Gasteiger partial charge on any atom is -0.340 e. The van der Waals surface area contributed by atoms with Crippen LogP contribution in [0, 0.1) is 5.92 Å². The molecule has 86 valence electrons.